The monoisotopic (exact) mass is 519 g/mol. The number of benzene rings is 2. The number of hydrogen-bond donors (Lipinski definition) is 0. The van der Waals surface area contributed by atoms with Crippen LogP contribution in [0.4, 0.5) is 0 Å². The molecule has 2 heteroatoms. The van der Waals surface area contributed by atoms with Crippen molar-refractivity contribution in [3.05, 3.63) is 120 Å². The summed E-state index contributed by atoms with van der Waals surface area (Å²) in [4.78, 5) is 5.61. The maximum absolute atomic E-state index is 5.61. The fourth-order valence-electron chi connectivity index (χ4n) is 6.70. The SMILES string of the molecule is CC(C)[C@@H]1CC[C@@H](C)C[C@H]1c1cccc([C@@H](P(c2ccccc2)c2ccccc2)C(C)(C)C2=C=CC=C2)n1. The predicted octanol–water partition coefficient (Wildman–Crippen LogP) is 9.11. The highest BCUT2D eigenvalue weighted by molar-refractivity contribution is 7.73. The fraction of sp³-hybridized carbons (Fsp3) is 0.389. The summed E-state index contributed by atoms with van der Waals surface area (Å²) in [6.45, 7) is 12.0. The maximum atomic E-state index is 5.61. The molecule has 1 saturated carbocycles. The minimum atomic E-state index is -0.728. The van der Waals surface area contributed by atoms with Gasteiger partial charge >= 0.3 is 0 Å². The van der Waals surface area contributed by atoms with Crippen molar-refractivity contribution in [2.45, 2.75) is 65.5 Å². The standard InChI is InChI=1S/C36H42NP/c1-26(2)31-24-23-27(3)25-32(31)33-21-14-22-34(37-33)35(36(4,5)28-15-12-13-16-28)38(29-17-8-6-9-18-29)30-19-10-7-11-20-30/h6-15,17-22,26-27,31-32,35H,23-25H2,1-5H3/t27-,31+,32-,35-/m1/s1. The molecule has 0 amide bonds. The average molecular weight is 520 g/mol. The van der Waals surface area contributed by atoms with Gasteiger partial charge in [-0.3, -0.25) is 4.98 Å². The molecule has 1 aromatic heterocycles. The van der Waals surface area contributed by atoms with Gasteiger partial charge in [0.05, 0.1) is 0 Å². The molecule has 0 unspecified atom stereocenters. The van der Waals surface area contributed by atoms with E-state index in [-0.39, 0.29) is 11.1 Å². The van der Waals surface area contributed by atoms with Gasteiger partial charge in [0.1, 0.15) is 0 Å². The zero-order valence-electron chi connectivity index (χ0n) is 23.6. The number of nitrogens with zero attached hydrogens (tertiary/aromatic N) is 1. The molecule has 1 nitrogen and oxygen atoms in total. The highest BCUT2D eigenvalue weighted by Crippen LogP contribution is 2.60. The molecule has 0 saturated heterocycles. The lowest BCUT2D eigenvalue weighted by Gasteiger charge is -2.41. The van der Waals surface area contributed by atoms with Gasteiger partial charge in [-0.1, -0.05) is 120 Å². The van der Waals surface area contributed by atoms with Crippen molar-refractivity contribution in [1.29, 1.82) is 0 Å². The summed E-state index contributed by atoms with van der Waals surface area (Å²) >= 11 is 0. The molecule has 196 valence electrons. The third-order valence-corrected chi connectivity index (χ3v) is 11.9. The van der Waals surface area contributed by atoms with E-state index >= 15 is 0 Å². The van der Waals surface area contributed by atoms with E-state index in [1.807, 2.05) is 0 Å². The molecule has 5 rings (SSSR count). The van der Waals surface area contributed by atoms with Crippen molar-refractivity contribution in [2.24, 2.45) is 23.2 Å². The Hall–Kier alpha value is -2.72. The highest BCUT2D eigenvalue weighted by atomic mass is 31.1. The minimum Gasteiger partial charge on any atom is -0.257 e. The Balaban J connectivity index is 1.68. The largest absolute Gasteiger partial charge is 0.257 e. The Morgan fingerprint density at radius 1 is 0.868 bits per heavy atom. The van der Waals surface area contributed by atoms with Gasteiger partial charge in [0.2, 0.25) is 0 Å². The van der Waals surface area contributed by atoms with Gasteiger partial charge in [0, 0.05) is 34.0 Å². The van der Waals surface area contributed by atoms with E-state index in [2.05, 4.69) is 137 Å². The number of allylic oxidation sites excluding steroid dienone is 3. The zero-order chi connectivity index (χ0) is 26.7. The van der Waals surface area contributed by atoms with Gasteiger partial charge in [-0.25, -0.2) is 0 Å². The smallest absolute Gasteiger partial charge is 0.0496 e. The molecule has 2 aromatic carbocycles. The van der Waals surface area contributed by atoms with Gasteiger partial charge in [0.25, 0.3) is 0 Å². The molecule has 0 spiro atoms. The maximum Gasteiger partial charge on any atom is 0.0496 e. The first-order valence-electron chi connectivity index (χ1n) is 14.4. The summed E-state index contributed by atoms with van der Waals surface area (Å²) in [5.41, 5.74) is 7.42. The molecule has 2 aliphatic carbocycles. The number of rotatable bonds is 8. The molecular formula is C36H42NP. The quantitative estimate of drug-likeness (QED) is 0.214. The Kier molecular flexibility index (Phi) is 8.18. The van der Waals surface area contributed by atoms with Crippen LogP contribution in [0.3, 0.4) is 0 Å². The van der Waals surface area contributed by atoms with Crippen molar-refractivity contribution >= 4 is 18.5 Å². The second kappa shape index (κ2) is 11.6. The second-order valence-corrected chi connectivity index (χ2v) is 14.5. The van der Waals surface area contributed by atoms with Crippen molar-refractivity contribution in [2.75, 3.05) is 0 Å². The van der Waals surface area contributed by atoms with E-state index in [1.54, 1.807) is 0 Å². The van der Waals surface area contributed by atoms with E-state index in [4.69, 9.17) is 4.98 Å². The molecule has 0 radical (unpaired) electrons. The van der Waals surface area contributed by atoms with Gasteiger partial charge in [-0.05, 0) is 67.3 Å². The second-order valence-electron chi connectivity index (χ2n) is 12.2. The molecule has 0 N–H and O–H groups in total. The normalized spacial score (nSPS) is 22.2. The van der Waals surface area contributed by atoms with Gasteiger partial charge in [0.15, 0.2) is 0 Å². The Labute approximate surface area is 231 Å². The fourth-order valence-corrected chi connectivity index (χ4v) is 9.77. The molecule has 1 heterocycles. The number of pyridine rings is 1. The Morgan fingerprint density at radius 2 is 1.53 bits per heavy atom. The van der Waals surface area contributed by atoms with E-state index in [0.717, 1.165) is 5.92 Å². The van der Waals surface area contributed by atoms with Gasteiger partial charge in [-0.15, -0.1) is 5.73 Å². The molecule has 1 fully saturated rings. The van der Waals surface area contributed by atoms with Crippen molar-refractivity contribution < 1.29 is 0 Å². The summed E-state index contributed by atoms with van der Waals surface area (Å²) in [6.07, 6.45) is 10.3. The van der Waals surface area contributed by atoms with Crippen LogP contribution in [0.1, 0.15) is 76.8 Å². The van der Waals surface area contributed by atoms with Crippen LogP contribution in [0.25, 0.3) is 0 Å². The summed E-state index contributed by atoms with van der Waals surface area (Å²) < 4.78 is 0. The molecule has 0 bridgehead atoms. The molecule has 38 heavy (non-hydrogen) atoms. The van der Waals surface area contributed by atoms with Gasteiger partial charge in [-0.2, -0.15) is 0 Å². The summed E-state index contributed by atoms with van der Waals surface area (Å²) in [6, 6.07) is 29.2. The average Bonchev–Trinajstić information content (AvgIpc) is 3.49. The lowest BCUT2D eigenvalue weighted by atomic mass is 9.69. The third kappa shape index (κ3) is 5.52. The molecule has 0 aliphatic heterocycles. The van der Waals surface area contributed by atoms with Crippen molar-refractivity contribution in [1.82, 2.24) is 4.98 Å². The first kappa shape index (κ1) is 26.9. The Morgan fingerprint density at radius 3 is 2.11 bits per heavy atom. The summed E-state index contributed by atoms with van der Waals surface area (Å²) in [5.74, 6) is 2.67. The first-order valence-corrected chi connectivity index (χ1v) is 15.8. The molecule has 2 aliphatic rings. The zero-order valence-corrected chi connectivity index (χ0v) is 24.5. The third-order valence-electron chi connectivity index (χ3n) is 8.78. The van der Waals surface area contributed by atoms with Crippen LogP contribution in [-0.4, -0.2) is 4.98 Å². The molecular weight excluding hydrogens is 477 g/mol. The molecule has 4 atom stereocenters. The predicted molar refractivity (Wildman–Crippen MR) is 165 cm³/mol. The first-order chi connectivity index (χ1) is 18.4. The van der Waals surface area contributed by atoms with Crippen molar-refractivity contribution in [3.63, 3.8) is 0 Å². The van der Waals surface area contributed by atoms with E-state index in [1.165, 1.54) is 46.8 Å². The topological polar surface area (TPSA) is 12.9 Å². The van der Waals surface area contributed by atoms with E-state index in [0.29, 0.717) is 17.8 Å². The molecule has 3 aromatic rings. The van der Waals surface area contributed by atoms with Crippen LogP contribution in [0.5, 0.6) is 0 Å². The van der Waals surface area contributed by atoms with Crippen LogP contribution in [0, 0.1) is 23.2 Å². The van der Waals surface area contributed by atoms with Crippen LogP contribution >= 0.6 is 7.92 Å². The van der Waals surface area contributed by atoms with Crippen LogP contribution < -0.4 is 10.6 Å². The highest BCUT2D eigenvalue weighted by Gasteiger charge is 2.42. The van der Waals surface area contributed by atoms with Crippen molar-refractivity contribution in [3.8, 4) is 0 Å². The Bertz CT molecular complexity index is 1270. The summed E-state index contributed by atoms with van der Waals surface area (Å²) in [7, 11) is -0.728. The van der Waals surface area contributed by atoms with E-state index < -0.39 is 7.92 Å². The van der Waals surface area contributed by atoms with Crippen LogP contribution in [0.15, 0.2) is 108 Å². The van der Waals surface area contributed by atoms with Crippen LogP contribution in [0.2, 0.25) is 0 Å². The van der Waals surface area contributed by atoms with Crippen LogP contribution in [-0.2, 0) is 0 Å². The number of hydrogen-bond acceptors (Lipinski definition) is 1. The summed E-state index contributed by atoms with van der Waals surface area (Å²) in [5, 5.41) is 2.80. The number of aromatic nitrogens is 1. The van der Waals surface area contributed by atoms with Gasteiger partial charge < -0.3 is 0 Å². The lowest BCUT2D eigenvalue weighted by Crippen LogP contribution is -2.31. The minimum absolute atomic E-state index is 0.149. The lowest BCUT2D eigenvalue weighted by molar-refractivity contribution is 0.194. The van der Waals surface area contributed by atoms with E-state index in [9.17, 15) is 0 Å².